The van der Waals surface area contributed by atoms with Crippen molar-refractivity contribution in [3.8, 4) is 0 Å². The van der Waals surface area contributed by atoms with Gasteiger partial charge in [-0.15, -0.1) is 0 Å². The number of carbonyl (C=O) groups is 1. The Bertz CT molecular complexity index is 820. The molecule has 2 aliphatic heterocycles. The Labute approximate surface area is 159 Å². The standard InChI is InChI=1S/C21H27FN4O/c1-2-26-14-18(12-23-26)20(27)25-11-9-21(16-25)8-5-10-24(15-21)13-17-6-3-4-7-19(17)22/h3-4,6-7,12,14H,2,5,8-11,13,15-16H2,1H3. The topological polar surface area (TPSA) is 41.4 Å². The highest BCUT2D eigenvalue weighted by atomic mass is 19.1. The van der Waals surface area contributed by atoms with Gasteiger partial charge < -0.3 is 4.90 Å². The minimum Gasteiger partial charge on any atom is -0.338 e. The van der Waals surface area contributed by atoms with Gasteiger partial charge in [0, 0.05) is 49.9 Å². The van der Waals surface area contributed by atoms with Gasteiger partial charge in [-0.2, -0.15) is 5.10 Å². The van der Waals surface area contributed by atoms with E-state index in [1.807, 2.05) is 30.2 Å². The van der Waals surface area contributed by atoms with Crippen molar-refractivity contribution in [1.29, 1.82) is 0 Å². The molecular formula is C21H27FN4O. The van der Waals surface area contributed by atoms with Gasteiger partial charge in [-0.3, -0.25) is 14.4 Å². The average molecular weight is 370 g/mol. The summed E-state index contributed by atoms with van der Waals surface area (Å²) in [4.78, 5) is 17.2. The molecule has 0 bridgehead atoms. The Morgan fingerprint density at radius 3 is 2.85 bits per heavy atom. The fraction of sp³-hybridized carbons (Fsp3) is 0.524. The van der Waals surface area contributed by atoms with Crippen LogP contribution in [0.4, 0.5) is 4.39 Å². The van der Waals surface area contributed by atoms with E-state index < -0.39 is 0 Å². The Hall–Kier alpha value is -2.21. The van der Waals surface area contributed by atoms with E-state index in [9.17, 15) is 9.18 Å². The molecule has 1 unspecified atom stereocenters. The molecule has 6 heteroatoms. The number of halogens is 1. The zero-order valence-corrected chi connectivity index (χ0v) is 15.9. The van der Waals surface area contributed by atoms with E-state index in [2.05, 4.69) is 10.00 Å². The second kappa shape index (κ2) is 7.43. The third kappa shape index (κ3) is 3.76. The number of aromatic nitrogens is 2. The van der Waals surface area contributed by atoms with Crippen LogP contribution in [0, 0.1) is 11.2 Å². The van der Waals surface area contributed by atoms with Gasteiger partial charge in [-0.25, -0.2) is 4.39 Å². The van der Waals surface area contributed by atoms with Crippen LogP contribution in [0.2, 0.25) is 0 Å². The van der Waals surface area contributed by atoms with Crippen LogP contribution in [0.3, 0.4) is 0 Å². The zero-order valence-electron chi connectivity index (χ0n) is 15.9. The van der Waals surface area contributed by atoms with Gasteiger partial charge in [-0.05, 0) is 38.8 Å². The number of nitrogens with zero attached hydrogens (tertiary/aromatic N) is 4. The molecule has 144 valence electrons. The molecule has 1 amide bonds. The van der Waals surface area contributed by atoms with Crippen LogP contribution in [-0.4, -0.2) is 51.7 Å². The van der Waals surface area contributed by atoms with Crippen molar-refractivity contribution in [1.82, 2.24) is 19.6 Å². The van der Waals surface area contributed by atoms with Crippen molar-refractivity contribution in [2.24, 2.45) is 5.41 Å². The van der Waals surface area contributed by atoms with Crippen LogP contribution in [0.25, 0.3) is 0 Å². The molecule has 5 nitrogen and oxygen atoms in total. The summed E-state index contributed by atoms with van der Waals surface area (Å²) < 4.78 is 15.8. The quantitative estimate of drug-likeness (QED) is 0.830. The molecule has 3 heterocycles. The summed E-state index contributed by atoms with van der Waals surface area (Å²) in [7, 11) is 0. The second-order valence-corrected chi connectivity index (χ2v) is 7.97. The first-order chi connectivity index (χ1) is 13.1. The molecule has 4 rings (SSSR count). The molecule has 2 aliphatic rings. The summed E-state index contributed by atoms with van der Waals surface area (Å²) in [6.07, 6.45) is 6.76. The van der Waals surface area contributed by atoms with Gasteiger partial charge in [0.1, 0.15) is 5.82 Å². The van der Waals surface area contributed by atoms with Crippen LogP contribution in [0.1, 0.15) is 42.1 Å². The third-order valence-electron chi connectivity index (χ3n) is 6.02. The number of likely N-dealkylation sites (tertiary alicyclic amines) is 2. The number of hydrogen-bond acceptors (Lipinski definition) is 3. The Morgan fingerprint density at radius 2 is 2.07 bits per heavy atom. The highest BCUT2D eigenvalue weighted by Gasteiger charge is 2.43. The Balaban J connectivity index is 1.41. The van der Waals surface area contributed by atoms with Crippen LogP contribution in [0.5, 0.6) is 0 Å². The van der Waals surface area contributed by atoms with Crippen molar-refractivity contribution in [2.45, 2.75) is 39.3 Å². The van der Waals surface area contributed by atoms with E-state index in [0.29, 0.717) is 12.1 Å². The molecule has 2 fully saturated rings. The lowest BCUT2D eigenvalue weighted by molar-refractivity contribution is 0.0673. The molecule has 0 radical (unpaired) electrons. The molecule has 0 saturated carbocycles. The maximum Gasteiger partial charge on any atom is 0.257 e. The van der Waals surface area contributed by atoms with Gasteiger partial charge in [-0.1, -0.05) is 18.2 Å². The van der Waals surface area contributed by atoms with Crippen LogP contribution < -0.4 is 0 Å². The van der Waals surface area contributed by atoms with Gasteiger partial charge in [0.15, 0.2) is 0 Å². The normalized spacial score (nSPS) is 23.3. The molecule has 0 N–H and O–H groups in total. The van der Waals surface area contributed by atoms with Gasteiger partial charge >= 0.3 is 0 Å². The number of aryl methyl sites for hydroxylation is 1. The minimum atomic E-state index is -0.131. The maximum absolute atomic E-state index is 14.0. The number of amides is 1. The summed E-state index contributed by atoms with van der Waals surface area (Å²) in [5.41, 5.74) is 1.57. The molecule has 1 aromatic heterocycles. The van der Waals surface area contributed by atoms with E-state index in [0.717, 1.165) is 57.5 Å². The van der Waals surface area contributed by atoms with Crippen LogP contribution in [0.15, 0.2) is 36.7 Å². The highest BCUT2D eigenvalue weighted by Crippen LogP contribution is 2.39. The predicted octanol–water partition coefficient (Wildman–Crippen LogP) is 3.17. The summed E-state index contributed by atoms with van der Waals surface area (Å²) >= 11 is 0. The first-order valence-electron chi connectivity index (χ1n) is 9.86. The number of rotatable bonds is 4. The first kappa shape index (κ1) is 18.2. The maximum atomic E-state index is 14.0. The van der Waals surface area contributed by atoms with E-state index in [1.165, 1.54) is 6.07 Å². The van der Waals surface area contributed by atoms with E-state index in [4.69, 9.17) is 0 Å². The number of piperidine rings is 1. The second-order valence-electron chi connectivity index (χ2n) is 7.97. The van der Waals surface area contributed by atoms with Gasteiger partial charge in [0.2, 0.25) is 0 Å². The van der Waals surface area contributed by atoms with Crippen molar-refractivity contribution in [3.05, 3.63) is 53.6 Å². The predicted molar refractivity (Wildman–Crippen MR) is 102 cm³/mol. The largest absolute Gasteiger partial charge is 0.338 e. The van der Waals surface area contributed by atoms with Crippen molar-refractivity contribution in [3.63, 3.8) is 0 Å². The molecule has 2 aromatic rings. The summed E-state index contributed by atoms with van der Waals surface area (Å²) in [5, 5.41) is 4.22. The van der Waals surface area contributed by atoms with Crippen molar-refractivity contribution >= 4 is 5.91 Å². The molecule has 1 spiro atoms. The zero-order chi connectivity index (χ0) is 18.9. The first-order valence-corrected chi connectivity index (χ1v) is 9.86. The molecule has 1 aromatic carbocycles. The summed E-state index contributed by atoms with van der Waals surface area (Å²) in [6, 6.07) is 7.02. The number of hydrogen-bond donors (Lipinski definition) is 0. The van der Waals surface area contributed by atoms with Crippen LogP contribution >= 0.6 is 0 Å². The smallest absolute Gasteiger partial charge is 0.257 e. The lowest BCUT2D eigenvalue weighted by Gasteiger charge is -2.40. The van der Waals surface area contributed by atoms with Crippen LogP contribution in [-0.2, 0) is 13.1 Å². The fourth-order valence-electron chi connectivity index (χ4n) is 4.58. The lowest BCUT2D eigenvalue weighted by atomic mass is 9.79. The van der Waals surface area contributed by atoms with E-state index in [-0.39, 0.29) is 17.1 Å². The molecule has 27 heavy (non-hydrogen) atoms. The molecule has 1 atom stereocenters. The molecular weight excluding hydrogens is 343 g/mol. The Kier molecular flexibility index (Phi) is 5.00. The fourth-order valence-corrected chi connectivity index (χ4v) is 4.58. The summed E-state index contributed by atoms with van der Waals surface area (Å²) in [6.45, 7) is 6.93. The third-order valence-corrected chi connectivity index (χ3v) is 6.02. The highest BCUT2D eigenvalue weighted by molar-refractivity contribution is 5.94. The average Bonchev–Trinajstić information content (AvgIpc) is 3.31. The monoisotopic (exact) mass is 370 g/mol. The SMILES string of the molecule is CCn1cc(C(=O)N2CCC3(CCCN(Cc4ccccc4F)C3)C2)cn1. The van der Waals surface area contributed by atoms with Crippen molar-refractivity contribution < 1.29 is 9.18 Å². The number of carbonyl (C=O) groups excluding carboxylic acids is 1. The van der Waals surface area contributed by atoms with E-state index >= 15 is 0 Å². The van der Waals surface area contributed by atoms with Gasteiger partial charge in [0.05, 0.1) is 11.8 Å². The van der Waals surface area contributed by atoms with E-state index in [1.54, 1.807) is 16.9 Å². The molecule has 2 saturated heterocycles. The number of benzene rings is 1. The minimum absolute atomic E-state index is 0.0813. The van der Waals surface area contributed by atoms with Gasteiger partial charge in [0.25, 0.3) is 5.91 Å². The van der Waals surface area contributed by atoms with Crippen molar-refractivity contribution in [2.75, 3.05) is 26.2 Å². The lowest BCUT2D eigenvalue weighted by Crippen LogP contribution is -2.45. The Morgan fingerprint density at radius 1 is 1.22 bits per heavy atom. The summed E-state index contributed by atoms with van der Waals surface area (Å²) in [5.74, 6) is -0.0499. The molecule has 0 aliphatic carbocycles.